The standard InChI is InChI=1S/C8H11NS.C2H6/c1-9-8-4-2-7(6-10)3-5-8;1-2/h2-5,9-10H,6H2,1H3;1-2H3. The number of hydrogen-bond donors (Lipinski definition) is 2. The fourth-order valence-corrected chi connectivity index (χ4v) is 0.988. The first-order chi connectivity index (χ1) is 5.86. The average molecular weight is 183 g/mol. The first kappa shape index (κ1) is 11.4. The molecule has 0 unspecified atom stereocenters. The van der Waals surface area contributed by atoms with Crippen LogP contribution in [0.3, 0.4) is 0 Å². The molecule has 0 aromatic heterocycles. The minimum atomic E-state index is 0.810. The van der Waals surface area contributed by atoms with Crippen molar-refractivity contribution >= 4 is 18.3 Å². The lowest BCUT2D eigenvalue weighted by Crippen LogP contribution is -1.86. The van der Waals surface area contributed by atoms with E-state index >= 15 is 0 Å². The van der Waals surface area contributed by atoms with Crippen molar-refractivity contribution in [3.8, 4) is 0 Å². The van der Waals surface area contributed by atoms with E-state index in [2.05, 4.69) is 30.1 Å². The van der Waals surface area contributed by atoms with Gasteiger partial charge in [0.1, 0.15) is 0 Å². The molecular formula is C10H17NS. The zero-order valence-corrected chi connectivity index (χ0v) is 8.86. The number of thiol groups is 1. The quantitative estimate of drug-likeness (QED) is 0.671. The van der Waals surface area contributed by atoms with E-state index in [0.717, 1.165) is 11.4 Å². The van der Waals surface area contributed by atoms with Gasteiger partial charge in [0.25, 0.3) is 0 Å². The van der Waals surface area contributed by atoms with E-state index in [1.807, 2.05) is 33.0 Å². The van der Waals surface area contributed by atoms with E-state index in [-0.39, 0.29) is 0 Å². The molecule has 1 nitrogen and oxygen atoms in total. The largest absolute Gasteiger partial charge is 0.388 e. The van der Waals surface area contributed by atoms with Crippen molar-refractivity contribution in [1.29, 1.82) is 0 Å². The van der Waals surface area contributed by atoms with Crippen LogP contribution >= 0.6 is 12.6 Å². The van der Waals surface area contributed by atoms with Gasteiger partial charge in [0.05, 0.1) is 0 Å². The molecule has 0 aliphatic heterocycles. The smallest absolute Gasteiger partial charge is 0.0337 e. The normalized spacial score (nSPS) is 8.33. The van der Waals surface area contributed by atoms with Crippen molar-refractivity contribution in [2.45, 2.75) is 19.6 Å². The second-order valence-electron chi connectivity index (χ2n) is 2.11. The van der Waals surface area contributed by atoms with Gasteiger partial charge < -0.3 is 5.32 Å². The van der Waals surface area contributed by atoms with Crippen LogP contribution in [0.2, 0.25) is 0 Å². The molecule has 1 N–H and O–H groups in total. The van der Waals surface area contributed by atoms with Gasteiger partial charge >= 0.3 is 0 Å². The van der Waals surface area contributed by atoms with Gasteiger partial charge in [-0.3, -0.25) is 0 Å². The fourth-order valence-electron chi connectivity index (χ4n) is 0.777. The molecule has 0 aliphatic rings. The fraction of sp³-hybridized carbons (Fsp3) is 0.400. The molecule has 0 amide bonds. The van der Waals surface area contributed by atoms with Crippen LogP contribution in [-0.2, 0) is 5.75 Å². The molecule has 0 fully saturated rings. The van der Waals surface area contributed by atoms with Crippen molar-refractivity contribution < 1.29 is 0 Å². The van der Waals surface area contributed by atoms with Gasteiger partial charge in [0.15, 0.2) is 0 Å². The Labute approximate surface area is 80.6 Å². The number of rotatable bonds is 2. The minimum absolute atomic E-state index is 0.810. The van der Waals surface area contributed by atoms with E-state index in [0.29, 0.717) is 0 Å². The summed E-state index contributed by atoms with van der Waals surface area (Å²) in [5.41, 5.74) is 2.40. The Hall–Kier alpha value is -0.630. The van der Waals surface area contributed by atoms with Crippen molar-refractivity contribution in [1.82, 2.24) is 0 Å². The van der Waals surface area contributed by atoms with Crippen LogP contribution in [-0.4, -0.2) is 7.05 Å². The third-order valence-electron chi connectivity index (χ3n) is 1.43. The lowest BCUT2D eigenvalue weighted by Gasteiger charge is -1.99. The molecule has 2 heteroatoms. The average Bonchev–Trinajstić information content (AvgIpc) is 2.21. The summed E-state index contributed by atoms with van der Waals surface area (Å²) < 4.78 is 0. The molecule has 1 rings (SSSR count). The van der Waals surface area contributed by atoms with Crippen LogP contribution in [0.25, 0.3) is 0 Å². The van der Waals surface area contributed by atoms with Gasteiger partial charge in [-0.15, -0.1) is 0 Å². The predicted octanol–water partition coefficient (Wildman–Crippen LogP) is 3.18. The zero-order valence-electron chi connectivity index (χ0n) is 7.96. The molecule has 0 bridgehead atoms. The maximum atomic E-state index is 4.15. The van der Waals surface area contributed by atoms with Gasteiger partial charge in [-0.1, -0.05) is 26.0 Å². The summed E-state index contributed by atoms with van der Waals surface area (Å²) in [6.45, 7) is 4.00. The molecule has 0 spiro atoms. The maximum absolute atomic E-state index is 4.15. The van der Waals surface area contributed by atoms with Crippen LogP contribution in [0, 0.1) is 0 Å². The monoisotopic (exact) mass is 183 g/mol. The van der Waals surface area contributed by atoms with E-state index < -0.39 is 0 Å². The van der Waals surface area contributed by atoms with Crippen LogP contribution in [0.4, 0.5) is 5.69 Å². The van der Waals surface area contributed by atoms with Gasteiger partial charge in [-0.25, -0.2) is 0 Å². The summed E-state index contributed by atoms with van der Waals surface area (Å²) in [6.07, 6.45) is 0. The Bertz CT molecular complexity index is 170. The number of nitrogens with one attached hydrogen (secondary N) is 1. The highest BCUT2D eigenvalue weighted by Crippen LogP contribution is 2.09. The van der Waals surface area contributed by atoms with Crippen molar-refractivity contribution in [3.05, 3.63) is 29.8 Å². The summed E-state index contributed by atoms with van der Waals surface area (Å²) >= 11 is 4.15. The van der Waals surface area contributed by atoms with Gasteiger partial charge in [0.2, 0.25) is 0 Å². The molecule has 0 heterocycles. The second-order valence-corrected chi connectivity index (χ2v) is 2.42. The highest BCUT2D eigenvalue weighted by molar-refractivity contribution is 7.79. The number of hydrogen-bond acceptors (Lipinski definition) is 2. The highest BCUT2D eigenvalue weighted by Gasteiger charge is 1.87. The van der Waals surface area contributed by atoms with Crippen molar-refractivity contribution in [2.75, 3.05) is 12.4 Å². The Kier molecular flexibility index (Phi) is 6.67. The van der Waals surface area contributed by atoms with Gasteiger partial charge in [-0.2, -0.15) is 12.6 Å². The molecule has 0 radical (unpaired) electrons. The van der Waals surface area contributed by atoms with Crippen molar-refractivity contribution in [3.63, 3.8) is 0 Å². The second kappa shape index (κ2) is 7.04. The Balaban J connectivity index is 0.000000561. The zero-order chi connectivity index (χ0) is 9.40. The van der Waals surface area contributed by atoms with E-state index in [9.17, 15) is 0 Å². The Morgan fingerprint density at radius 1 is 1.17 bits per heavy atom. The third kappa shape index (κ3) is 3.67. The highest BCUT2D eigenvalue weighted by atomic mass is 32.1. The van der Waals surface area contributed by atoms with Crippen LogP contribution < -0.4 is 5.32 Å². The number of anilines is 1. The van der Waals surface area contributed by atoms with Crippen LogP contribution in [0.5, 0.6) is 0 Å². The molecule has 0 saturated heterocycles. The predicted molar refractivity (Wildman–Crippen MR) is 60.0 cm³/mol. The van der Waals surface area contributed by atoms with Crippen LogP contribution in [0.1, 0.15) is 19.4 Å². The van der Waals surface area contributed by atoms with Gasteiger partial charge in [0, 0.05) is 18.5 Å². The lowest BCUT2D eigenvalue weighted by atomic mass is 10.2. The van der Waals surface area contributed by atoms with E-state index in [1.165, 1.54) is 5.56 Å². The summed E-state index contributed by atoms with van der Waals surface area (Å²) in [7, 11) is 1.91. The third-order valence-corrected chi connectivity index (χ3v) is 1.79. The molecular weight excluding hydrogens is 166 g/mol. The summed E-state index contributed by atoms with van der Waals surface area (Å²) in [5, 5.41) is 3.05. The first-order valence-corrected chi connectivity index (χ1v) is 4.87. The van der Waals surface area contributed by atoms with Crippen LogP contribution in [0.15, 0.2) is 24.3 Å². The maximum Gasteiger partial charge on any atom is 0.0337 e. The SMILES string of the molecule is CC.CNc1ccc(CS)cc1. The topological polar surface area (TPSA) is 12.0 Å². The first-order valence-electron chi connectivity index (χ1n) is 4.24. The Morgan fingerprint density at radius 2 is 1.67 bits per heavy atom. The summed E-state index contributed by atoms with van der Waals surface area (Å²) in [6, 6.07) is 8.23. The Morgan fingerprint density at radius 3 is 2.00 bits per heavy atom. The minimum Gasteiger partial charge on any atom is -0.388 e. The number of benzene rings is 1. The summed E-state index contributed by atoms with van der Waals surface area (Å²) in [4.78, 5) is 0. The van der Waals surface area contributed by atoms with Crippen molar-refractivity contribution in [2.24, 2.45) is 0 Å². The molecule has 0 aliphatic carbocycles. The van der Waals surface area contributed by atoms with E-state index in [1.54, 1.807) is 0 Å². The molecule has 1 aromatic carbocycles. The molecule has 1 aromatic rings. The lowest BCUT2D eigenvalue weighted by molar-refractivity contribution is 1.41. The molecule has 12 heavy (non-hydrogen) atoms. The molecule has 0 saturated carbocycles. The molecule has 0 atom stereocenters. The summed E-state index contributed by atoms with van der Waals surface area (Å²) in [5.74, 6) is 0.810. The molecule has 68 valence electrons. The van der Waals surface area contributed by atoms with E-state index in [4.69, 9.17) is 0 Å². The van der Waals surface area contributed by atoms with Gasteiger partial charge in [-0.05, 0) is 17.7 Å².